The van der Waals surface area contributed by atoms with Gasteiger partial charge in [-0.2, -0.15) is 0 Å². The van der Waals surface area contributed by atoms with Crippen molar-refractivity contribution in [2.24, 2.45) is 0 Å². The molecule has 2 nitrogen and oxygen atoms in total. The van der Waals surface area contributed by atoms with Crippen molar-refractivity contribution in [2.75, 3.05) is 13.6 Å². The zero-order valence-electron chi connectivity index (χ0n) is 10.4. The van der Waals surface area contributed by atoms with Gasteiger partial charge in [0.25, 0.3) is 0 Å². The molecule has 0 radical (unpaired) electrons. The van der Waals surface area contributed by atoms with Gasteiger partial charge < -0.3 is 10.1 Å². The summed E-state index contributed by atoms with van der Waals surface area (Å²) < 4.78 is 7.12. The quantitative estimate of drug-likeness (QED) is 0.914. The highest BCUT2D eigenvalue weighted by atomic mass is 79.9. The molecule has 0 spiro atoms. The van der Waals surface area contributed by atoms with Crippen molar-refractivity contribution in [2.45, 2.75) is 32.5 Å². The summed E-state index contributed by atoms with van der Waals surface area (Å²) in [5.41, 5.74) is 1.06. The van der Waals surface area contributed by atoms with Crippen LogP contribution in [0.3, 0.4) is 0 Å². The molecular formula is C13H20BrNO. The summed E-state index contributed by atoms with van der Waals surface area (Å²) in [7, 11) is 1.94. The van der Waals surface area contributed by atoms with E-state index in [0.717, 1.165) is 11.0 Å². The van der Waals surface area contributed by atoms with Crippen LogP contribution in [0.4, 0.5) is 0 Å². The molecule has 0 amide bonds. The molecule has 0 heterocycles. The normalized spacial score (nSPS) is 13.8. The van der Waals surface area contributed by atoms with Crippen molar-refractivity contribution in [3.05, 3.63) is 34.3 Å². The summed E-state index contributed by atoms with van der Waals surface area (Å²) in [6.07, 6.45) is 0.0856. The van der Waals surface area contributed by atoms with Gasteiger partial charge in [-0.05, 0) is 45.5 Å². The first-order valence-corrected chi connectivity index (χ1v) is 6.29. The fraction of sp³-hybridized carbons (Fsp3) is 0.538. The molecule has 16 heavy (non-hydrogen) atoms. The van der Waals surface area contributed by atoms with Crippen LogP contribution in [0.25, 0.3) is 0 Å². The van der Waals surface area contributed by atoms with Gasteiger partial charge in [0.1, 0.15) is 0 Å². The number of ether oxygens (including phenoxy) is 1. The minimum atomic E-state index is -0.135. The standard InChI is InChI=1S/C13H20BrNO/c1-13(2,3)16-12(9-15-4)10-6-5-7-11(14)8-10/h5-8,12,15H,9H2,1-4H3. The van der Waals surface area contributed by atoms with Gasteiger partial charge in [0.15, 0.2) is 0 Å². The van der Waals surface area contributed by atoms with Crippen molar-refractivity contribution in [1.29, 1.82) is 0 Å². The Morgan fingerprint density at radius 2 is 2.06 bits per heavy atom. The predicted molar refractivity (Wildman–Crippen MR) is 71.6 cm³/mol. The van der Waals surface area contributed by atoms with Crippen LogP contribution in [-0.4, -0.2) is 19.2 Å². The summed E-state index contributed by atoms with van der Waals surface area (Å²) in [6.45, 7) is 7.04. The van der Waals surface area contributed by atoms with Crippen LogP contribution in [0.2, 0.25) is 0 Å². The zero-order valence-corrected chi connectivity index (χ0v) is 12.0. The highest BCUT2D eigenvalue weighted by molar-refractivity contribution is 9.10. The Bertz CT molecular complexity index is 333. The highest BCUT2D eigenvalue weighted by Crippen LogP contribution is 2.25. The van der Waals surface area contributed by atoms with Gasteiger partial charge >= 0.3 is 0 Å². The zero-order chi connectivity index (χ0) is 12.2. The molecule has 0 saturated carbocycles. The van der Waals surface area contributed by atoms with Crippen molar-refractivity contribution in [3.63, 3.8) is 0 Å². The molecule has 1 rings (SSSR count). The molecule has 1 unspecified atom stereocenters. The number of rotatable bonds is 4. The van der Waals surface area contributed by atoms with Gasteiger partial charge in [-0.3, -0.25) is 0 Å². The lowest BCUT2D eigenvalue weighted by Crippen LogP contribution is -2.28. The van der Waals surface area contributed by atoms with E-state index in [9.17, 15) is 0 Å². The first-order chi connectivity index (χ1) is 7.42. The summed E-state index contributed by atoms with van der Waals surface area (Å²) in [5.74, 6) is 0. The first kappa shape index (κ1) is 13.7. The van der Waals surface area contributed by atoms with Crippen molar-refractivity contribution >= 4 is 15.9 Å². The second-order valence-electron chi connectivity index (χ2n) is 4.83. The van der Waals surface area contributed by atoms with Crippen molar-refractivity contribution in [1.82, 2.24) is 5.32 Å². The Hall–Kier alpha value is -0.380. The lowest BCUT2D eigenvalue weighted by molar-refractivity contribution is -0.0599. The summed E-state index contributed by atoms with van der Waals surface area (Å²) in [5, 5.41) is 3.17. The van der Waals surface area contributed by atoms with Crippen molar-refractivity contribution in [3.8, 4) is 0 Å². The molecule has 0 bridgehead atoms. The molecule has 90 valence electrons. The van der Waals surface area contributed by atoms with E-state index in [-0.39, 0.29) is 11.7 Å². The van der Waals surface area contributed by atoms with Crippen LogP contribution in [0.15, 0.2) is 28.7 Å². The fourth-order valence-electron chi connectivity index (χ4n) is 1.55. The van der Waals surface area contributed by atoms with E-state index in [1.54, 1.807) is 0 Å². The minimum absolute atomic E-state index is 0.0856. The third kappa shape index (κ3) is 4.64. The molecule has 1 atom stereocenters. The molecule has 0 aliphatic heterocycles. The van der Waals surface area contributed by atoms with Gasteiger partial charge in [-0.1, -0.05) is 28.1 Å². The lowest BCUT2D eigenvalue weighted by atomic mass is 10.1. The molecule has 1 N–H and O–H groups in total. The fourth-order valence-corrected chi connectivity index (χ4v) is 1.96. The van der Waals surface area contributed by atoms with E-state index >= 15 is 0 Å². The van der Waals surface area contributed by atoms with E-state index in [0.29, 0.717) is 0 Å². The number of benzene rings is 1. The monoisotopic (exact) mass is 285 g/mol. The summed E-state index contributed by atoms with van der Waals surface area (Å²) in [4.78, 5) is 0. The van der Waals surface area contributed by atoms with Crippen LogP contribution in [0, 0.1) is 0 Å². The van der Waals surface area contributed by atoms with Gasteiger partial charge in [-0.25, -0.2) is 0 Å². The molecule has 0 saturated heterocycles. The molecule has 1 aromatic carbocycles. The van der Waals surface area contributed by atoms with Gasteiger partial charge in [-0.15, -0.1) is 0 Å². The largest absolute Gasteiger partial charge is 0.367 e. The smallest absolute Gasteiger partial charge is 0.0956 e. The Balaban J connectivity index is 2.85. The molecule has 1 aromatic rings. The molecule has 0 aliphatic carbocycles. The molecule has 0 aliphatic rings. The van der Waals surface area contributed by atoms with Crippen LogP contribution in [0.1, 0.15) is 32.4 Å². The Labute approximate surface area is 107 Å². The topological polar surface area (TPSA) is 21.3 Å². The maximum Gasteiger partial charge on any atom is 0.0956 e. The van der Waals surface area contributed by atoms with E-state index in [1.807, 2.05) is 19.2 Å². The molecular weight excluding hydrogens is 266 g/mol. The number of hydrogen-bond acceptors (Lipinski definition) is 2. The highest BCUT2D eigenvalue weighted by Gasteiger charge is 2.19. The number of likely N-dealkylation sites (N-methyl/N-ethyl adjacent to an activating group) is 1. The SMILES string of the molecule is CNCC(OC(C)(C)C)c1cccc(Br)c1. The van der Waals surface area contributed by atoms with Crippen LogP contribution in [0.5, 0.6) is 0 Å². The van der Waals surface area contributed by atoms with Gasteiger partial charge in [0.05, 0.1) is 11.7 Å². The van der Waals surface area contributed by atoms with E-state index < -0.39 is 0 Å². The van der Waals surface area contributed by atoms with Gasteiger partial charge in [0, 0.05) is 11.0 Å². The van der Waals surface area contributed by atoms with Gasteiger partial charge in [0.2, 0.25) is 0 Å². The second-order valence-corrected chi connectivity index (χ2v) is 5.75. The molecule has 3 heteroatoms. The summed E-state index contributed by atoms with van der Waals surface area (Å²) in [6, 6.07) is 8.26. The average molecular weight is 286 g/mol. The Morgan fingerprint density at radius 3 is 2.56 bits per heavy atom. The number of halogens is 1. The maximum atomic E-state index is 6.04. The Kier molecular flexibility index (Phi) is 4.96. The van der Waals surface area contributed by atoms with E-state index in [4.69, 9.17) is 4.74 Å². The van der Waals surface area contributed by atoms with Crippen LogP contribution in [-0.2, 0) is 4.74 Å². The van der Waals surface area contributed by atoms with Crippen molar-refractivity contribution < 1.29 is 4.74 Å². The average Bonchev–Trinajstić information content (AvgIpc) is 2.15. The van der Waals surface area contributed by atoms with E-state index in [1.165, 1.54) is 5.56 Å². The Morgan fingerprint density at radius 1 is 1.38 bits per heavy atom. The number of hydrogen-bond donors (Lipinski definition) is 1. The minimum Gasteiger partial charge on any atom is -0.367 e. The lowest BCUT2D eigenvalue weighted by Gasteiger charge is -2.28. The van der Waals surface area contributed by atoms with Crippen LogP contribution >= 0.6 is 15.9 Å². The first-order valence-electron chi connectivity index (χ1n) is 5.50. The van der Waals surface area contributed by atoms with Crippen LogP contribution < -0.4 is 5.32 Å². The molecule has 0 fully saturated rings. The third-order valence-corrected chi connectivity index (χ3v) is 2.60. The van der Waals surface area contributed by atoms with E-state index in [2.05, 4.69) is 54.2 Å². The maximum absolute atomic E-state index is 6.04. The number of nitrogens with one attached hydrogen (secondary N) is 1. The molecule has 0 aromatic heterocycles. The third-order valence-electron chi connectivity index (χ3n) is 2.11. The summed E-state index contributed by atoms with van der Waals surface area (Å²) >= 11 is 3.49. The predicted octanol–water partition coefficient (Wildman–Crippen LogP) is 3.52. The second kappa shape index (κ2) is 5.80.